The standard InChI is InChI=1S/C8H8INO2/c9-5-6-1-3-7(4-2-6)8(11)10-12/h1-4,12H,5H2,(H,10,11). The molecule has 0 bridgehead atoms. The molecule has 0 aliphatic carbocycles. The lowest BCUT2D eigenvalue weighted by Gasteiger charge is -1.99. The lowest BCUT2D eigenvalue weighted by Crippen LogP contribution is -2.18. The van der Waals surface area contributed by atoms with Gasteiger partial charge < -0.3 is 0 Å². The number of hydrogen-bond donors (Lipinski definition) is 2. The molecule has 0 aliphatic rings. The van der Waals surface area contributed by atoms with E-state index in [1.807, 2.05) is 12.1 Å². The van der Waals surface area contributed by atoms with E-state index in [2.05, 4.69) is 22.6 Å². The molecule has 3 nitrogen and oxygen atoms in total. The number of benzene rings is 1. The molecule has 1 aromatic rings. The van der Waals surface area contributed by atoms with Gasteiger partial charge in [-0.15, -0.1) is 0 Å². The molecule has 0 aliphatic heterocycles. The van der Waals surface area contributed by atoms with Crippen LogP contribution in [-0.2, 0) is 4.43 Å². The smallest absolute Gasteiger partial charge is 0.274 e. The Morgan fingerprint density at radius 1 is 1.42 bits per heavy atom. The topological polar surface area (TPSA) is 49.3 Å². The molecule has 2 N–H and O–H groups in total. The second kappa shape index (κ2) is 4.42. The van der Waals surface area contributed by atoms with Crippen molar-refractivity contribution < 1.29 is 10.0 Å². The van der Waals surface area contributed by atoms with Gasteiger partial charge in [-0.3, -0.25) is 10.0 Å². The molecule has 4 heteroatoms. The third kappa shape index (κ3) is 2.18. The molecular formula is C8H8INO2. The summed E-state index contributed by atoms with van der Waals surface area (Å²) in [6.07, 6.45) is 0. The van der Waals surface area contributed by atoms with Crippen LogP contribution < -0.4 is 5.48 Å². The van der Waals surface area contributed by atoms with Crippen LogP contribution in [0.25, 0.3) is 0 Å². The van der Waals surface area contributed by atoms with Crippen LogP contribution in [0.1, 0.15) is 15.9 Å². The van der Waals surface area contributed by atoms with Crippen LogP contribution in [-0.4, -0.2) is 11.1 Å². The van der Waals surface area contributed by atoms with E-state index in [9.17, 15) is 4.79 Å². The number of halogens is 1. The minimum atomic E-state index is -0.477. The first-order valence-electron chi connectivity index (χ1n) is 3.37. The molecule has 0 unspecified atom stereocenters. The fraction of sp³-hybridized carbons (Fsp3) is 0.125. The van der Waals surface area contributed by atoms with Crippen molar-refractivity contribution in [2.24, 2.45) is 0 Å². The Hall–Kier alpha value is -0.620. The van der Waals surface area contributed by atoms with E-state index in [0.717, 1.165) is 9.99 Å². The number of carbonyl (C=O) groups is 1. The van der Waals surface area contributed by atoms with Gasteiger partial charge in [0, 0.05) is 9.99 Å². The molecule has 1 rings (SSSR count). The molecule has 12 heavy (non-hydrogen) atoms. The first kappa shape index (κ1) is 9.47. The lowest BCUT2D eigenvalue weighted by atomic mass is 10.1. The summed E-state index contributed by atoms with van der Waals surface area (Å²) in [5.74, 6) is -0.477. The van der Waals surface area contributed by atoms with Gasteiger partial charge in [0.25, 0.3) is 5.91 Å². The molecule has 0 radical (unpaired) electrons. The Kier molecular flexibility index (Phi) is 3.48. The van der Waals surface area contributed by atoms with E-state index in [0.29, 0.717) is 5.56 Å². The van der Waals surface area contributed by atoms with E-state index < -0.39 is 5.91 Å². The number of hydrogen-bond acceptors (Lipinski definition) is 2. The second-order valence-corrected chi connectivity index (χ2v) is 3.03. The molecule has 0 atom stereocenters. The molecule has 0 spiro atoms. The number of carbonyl (C=O) groups excluding carboxylic acids is 1. The van der Waals surface area contributed by atoms with Crippen LogP contribution in [0.4, 0.5) is 0 Å². The average molecular weight is 277 g/mol. The van der Waals surface area contributed by atoms with Crippen molar-refractivity contribution in [1.29, 1.82) is 0 Å². The zero-order valence-electron chi connectivity index (χ0n) is 6.25. The van der Waals surface area contributed by atoms with Crippen LogP contribution in [0.15, 0.2) is 24.3 Å². The van der Waals surface area contributed by atoms with Gasteiger partial charge in [0.1, 0.15) is 0 Å². The first-order chi connectivity index (χ1) is 5.77. The van der Waals surface area contributed by atoms with E-state index in [1.165, 1.54) is 0 Å². The fourth-order valence-electron chi connectivity index (χ4n) is 0.810. The highest BCUT2D eigenvalue weighted by Crippen LogP contribution is 2.07. The van der Waals surface area contributed by atoms with Crippen LogP contribution in [0.3, 0.4) is 0 Å². The van der Waals surface area contributed by atoms with Gasteiger partial charge in [-0.1, -0.05) is 34.7 Å². The summed E-state index contributed by atoms with van der Waals surface area (Å²) in [5.41, 5.74) is 3.20. The molecular weight excluding hydrogens is 269 g/mol. The lowest BCUT2D eigenvalue weighted by molar-refractivity contribution is 0.0706. The quantitative estimate of drug-likeness (QED) is 0.374. The SMILES string of the molecule is O=C(NO)c1ccc(CI)cc1. The van der Waals surface area contributed by atoms with Crippen LogP contribution in [0.2, 0.25) is 0 Å². The third-order valence-corrected chi connectivity index (χ3v) is 2.35. The predicted molar refractivity (Wildman–Crippen MR) is 53.4 cm³/mol. The molecule has 0 saturated heterocycles. The van der Waals surface area contributed by atoms with Crippen molar-refractivity contribution in [3.05, 3.63) is 35.4 Å². The number of hydroxylamine groups is 1. The summed E-state index contributed by atoms with van der Waals surface area (Å²) < 4.78 is 0.915. The largest absolute Gasteiger partial charge is 0.288 e. The molecule has 0 saturated carbocycles. The van der Waals surface area contributed by atoms with E-state index >= 15 is 0 Å². The number of nitrogens with one attached hydrogen (secondary N) is 1. The predicted octanol–water partition coefficient (Wildman–Crippen LogP) is 1.74. The first-order valence-corrected chi connectivity index (χ1v) is 4.90. The number of amides is 1. The summed E-state index contributed by atoms with van der Waals surface area (Å²) in [4.78, 5) is 10.9. The van der Waals surface area contributed by atoms with E-state index in [1.54, 1.807) is 17.6 Å². The molecule has 0 heterocycles. The van der Waals surface area contributed by atoms with Gasteiger partial charge in [0.05, 0.1) is 0 Å². The summed E-state index contributed by atoms with van der Waals surface area (Å²) in [6.45, 7) is 0. The van der Waals surface area contributed by atoms with Crippen molar-refractivity contribution in [1.82, 2.24) is 5.48 Å². The third-order valence-electron chi connectivity index (χ3n) is 1.47. The van der Waals surface area contributed by atoms with E-state index in [4.69, 9.17) is 5.21 Å². The van der Waals surface area contributed by atoms with Crippen molar-refractivity contribution in [2.75, 3.05) is 0 Å². The maximum absolute atomic E-state index is 10.9. The monoisotopic (exact) mass is 277 g/mol. The van der Waals surface area contributed by atoms with Crippen molar-refractivity contribution in [2.45, 2.75) is 4.43 Å². The summed E-state index contributed by atoms with van der Waals surface area (Å²) >= 11 is 2.24. The van der Waals surface area contributed by atoms with Gasteiger partial charge >= 0.3 is 0 Å². The Labute approximate surface area is 83.9 Å². The summed E-state index contributed by atoms with van der Waals surface area (Å²) in [5, 5.41) is 8.31. The zero-order chi connectivity index (χ0) is 8.97. The maximum Gasteiger partial charge on any atom is 0.274 e. The van der Waals surface area contributed by atoms with Crippen LogP contribution >= 0.6 is 22.6 Å². The summed E-state index contributed by atoms with van der Waals surface area (Å²) in [6, 6.07) is 7.08. The normalized spacial score (nSPS) is 9.50. The van der Waals surface area contributed by atoms with Crippen molar-refractivity contribution in [3.63, 3.8) is 0 Å². The Bertz CT molecular complexity index is 271. The zero-order valence-corrected chi connectivity index (χ0v) is 8.41. The van der Waals surface area contributed by atoms with Crippen molar-refractivity contribution >= 4 is 28.5 Å². The molecule has 0 fully saturated rings. The molecule has 1 amide bonds. The Morgan fingerprint density at radius 3 is 2.42 bits per heavy atom. The summed E-state index contributed by atoms with van der Waals surface area (Å²) in [7, 11) is 0. The minimum absolute atomic E-state index is 0.464. The number of alkyl halides is 1. The van der Waals surface area contributed by atoms with Gasteiger partial charge in [0.2, 0.25) is 0 Å². The minimum Gasteiger partial charge on any atom is -0.288 e. The van der Waals surface area contributed by atoms with Gasteiger partial charge in [-0.25, -0.2) is 5.48 Å². The Morgan fingerprint density at radius 2 is 2.00 bits per heavy atom. The van der Waals surface area contributed by atoms with E-state index in [-0.39, 0.29) is 0 Å². The van der Waals surface area contributed by atoms with Crippen LogP contribution in [0.5, 0.6) is 0 Å². The van der Waals surface area contributed by atoms with Gasteiger partial charge in [-0.2, -0.15) is 0 Å². The number of rotatable bonds is 2. The highest BCUT2D eigenvalue weighted by atomic mass is 127. The molecule has 1 aromatic carbocycles. The van der Waals surface area contributed by atoms with Gasteiger partial charge in [0.15, 0.2) is 0 Å². The molecule has 0 aromatic heterocycles. The Balaban J connectivity index is 2.84. The highest BCUT2D eigenvalue weighted by Gasteiger charge is 2.01. The highest BCUT2D eigenvalue weighted by molar-refractivity contribution is 14.1. The fourth-order valence-corrected chi connectivity index (χ4v) is 1.32. The average Bonchev–Trinajstić information content (AvgIpc) is 2.17. The second-order valence-electron chi connectivity index (χ2n) is 2.27. The van der Waals surface area contributed by atoms with Crippen LogP contribution in [0, 0.1) is 0 Å². The molecule has 64 valence electrons. The van der Waals surface area contributed by atoms with Crippen molar-refractivity contribution in [3.8, 4) is 0 Å². The van der Waals surface area contributed by atoms with Gasteiger partial charge in [-0.05, 0) is 17.7 Å². The maximum atomic E-state index is 10.9.